The molecule has 0 saturated carbocycles. The van der Waals surface area contributed by atoms with Gasteiger partial charge in [-0.1, -0.05) is 12.1 Å². The number of amides is 3. The van der Waals surface area contributed by atoms with Crippen LogP contribution in [0.1, 0.15) is 16.1 Å². The van der Waals surface area contributed by atoms with Crippen LogP contribution in [0.5, 0.6) is 5.75 Å². The fraction of sp³-hybridized carbons (Fsp3) is 0.150. The van der Waals surface area contributed by atoms with Crippen molar-refractivity contribution in [3.05, 3.63) is 71.0 Å². The van der Waals surface area contributed by atoms with Crippen LogP contribution in [0, 0.1) is 5.82 Å². The lowest BCUT2D eigenvalue weighted by Gasteiger charge is -2.05. The number of ether oxygens (including phenoxy) is 1. The molecule has 0 bridgehead atoms. The Morgan fingerprint density at radius 3 is 2.48 bits per heavy atom. The van der Waals surface area contributed by atoms with Crippen LogP contribution in [0.2, 0.25) is 0 Å². The molecule has 3 N–H and O–H groups in total. The maximum absolute atomic E-state index is 12.9. The Hall–Kier alpha value is -3.46. The van der Waals surface area contributed by atoms with Crippen LogP contribution in [0.4, 0.5) is 20.0 Å². The van der Waals surface area contributed by atoms with E-state index in [9.17, 15) is 14.0 Å². The zero-order chi connectivity index (χ0) is 20.6. The lowest BCUT2D eigenvalue weighted by atomic mass is 10.1. The third-order valence-corrected chi connectivity index (χ3v) is 4.68. The molecule has 3 amide bonds. The number of aromatic nitrogens is 1. The first-order valence-electron chi connectivity index (χ1n) is 8.74. The number of thiazole rings is 1. The first-order valence-corrected chi connectivity index (χ1v) is 9.61. The maximum atomic E-state index is 12.9. The highest BCUT2D eigenvalue weighted by Gasteiger charge is 2.12. The van der Waals surface area contributed by atoms with Gasteiger partial charge in [-0.15, -0.1) is 11.3 Å². The Kier molecular flexibility index (Phi) is 6.75. The molecule has 3 rings (SSSR count). The van der Waals surface area contributed by atoms with Gasteiger partial charge in [0, 0.05) is 17.6 Å². The fourth-order valence-electron chi connectivity index (χ4n) is 2.43. The Bertz CT molecular complexity index is 974. The second-order valence-electron chi connectivity index (χ2n) is 5.98. The van der Waals surface area contributed by atoms with Crippen LogP contribution in [0.15, 0.2) is 53.9 Å². The highest BCUT2D eigenvalue weighted by molar-refractivity contribution is 7.14. The van der Waals surface area contributed by atoms with Crippen molar-refractivity contribution < 1.29 is 18.7 Å². The molecule has 9 heteroatoms. The van der Waals surface area contributed by atoms with E-state index in [4.69, 9.17) is 4.74 Å². The van der Waals surface area contributed by atoms with Crippen molar-refractivity contribution in [2.75, 3.05) is 24.3 Å². The number of halogens is 1. The summed E-state index contributed by atoms with van der Waals surface area (Å²) in [6.45, 7) is 0.455. The lowest BCUT2D eigenvalue weighted by molar-refractivity contribution is 0.0950. The van der Waals surface area contributed by atoms with E-state index in [1.807, 2.05) is 24.3 Å². The molecule has 0 spiro atoms. The van der Waals surface area contributed by atoms with Crippen LogP contribution in [0.3, 0.4) is 0 Å². The van der Waals surface area contributed by atoms with E-state index < -0.39 is 11.8 Å². The van der Waals surface area contributed by atoms with Crippen molar-refractivity contribution in [2.45, 2.75) is 6.42 Å². The molecular formula is C20H19FN4O3S. The van der Waals surface area contributed by atoms with Gasteiger partial charge in [0.25, 0.3) is 5.91 Å². The van der Waals surface area contributed by atoms with Gasteiger partial charge in [0.15, 0.2) is 5.13 Å². The van der Waals surface area contributed by atoms with Crippen LogP contribution in [-0.4, -0.2) is 30.6 Å². The molecule has 29 heavy (non-hydrogen) atoms. The van der Waals surface area contributed by atoms with E-state index in [0.717, 1.165) is 22.6 Å². The summed E-state index contributed by atoms with van der Waals surface area (Å²) in [7, 11) is 1.61. The number of carbonyl (C=O) groups is 2. The number of nitrogens with zero attached hydrogens (tertiary/aromatic N) is 1. The van der Waals surface area contributed by atoms with E-state index in [1.165, 1.54) is 24.3 Å². The summed E-state index contributed by atoms with van der Waals surface area (Å²) in [6, 6.07) is 12.5. The van der Waals surface area contributed by atoms with Crippen LogP contribution in [-0.2, 0) is 6.42 Å². The molecule has 1 heterocycles. The summed E-state index contributed by atoms with van der Waals surface area (Å²) < 4.78 is 18.0. The van der Waals surface area contributed by atoms with Crippen LogP contribution < -0.4 is 20.7 Å². The summed E-state index contributed by atoms with van der Waals surface area (Å²) >= 11 is 1.14. The first kappa shape index (κ1) is 20.3. The minimum atomic E-state index is -0.530. The normalized spacial score (nSPS) is 10.3. The first-order chi connectivity index (χ1) is 14.0. The Morgan fingerprint density at radius 2 is 1.79 bits per heavy atom. The molecule has 0 unspecified atom stereocenters. The summed E-state index contributed by atoms with van der Waals surface area (Å²) in [5, 5.41) is 9.75. The third kappa shape index (κ3) is 6.01. The highest BCUT2D eigenvalue weighted by atomic mass is 32.1. The molecule has 1 aromatic heterocycles. The molecule has 0 radical (unpaired) electrons. The number of hydrogen-bond acceptors (Lipinski definition) is 5. The standard InChI is InChI=1S/C20H19FN4O3S/c1-28-16-8-2-13(3-9-16)10-11-22-18(26)17-12-29-20(24-17)25-19(27)23-15-6-4-14(21)5-7-15/h2-9,12H,10-11H2,1H3,(H,22,26)(H2,23,24,25,27). The van der Waals surface area contributed by atoms with E-state index in [0.29, 0.717) is 18.7 Å². The van der Waals surface area contributed by atoms with E-state index >= 15 is 0 Å². The number of anilines is 2. The molecule has 7 nitrogen and oxygen atoms in total. The predicted octanol–water partition coefficient (Wildman–Crippen LogP) is 3.91. The number of methoxy groups -OCH3 is 1. The van der Waals surface area contributed by atoms with Crippen molar-refractivity contribution in [1.29, 1.82) is 0 Å². The summed E-state index contributed by atoms with van der Waals surface area (Å²) in [5.74, 6) is 0.0732. The number of benzene rings is 2. The smallest absolute Gasteiger partial charge is 0.325 e. The zero-order valence-electron chi connectivity index (χ0n) is 15.6. The largest absolute Gasteiger partial charge is 0.497 e. The Balaban J connectivity index is 1.46. The van der Waals surface area contributed by atoms with Crippen molar-refractivity contribution in [3.8, 4) is 5.75 Å². The molecular weight excluding hydrogens is 395 g/mol. The van der Waals surface area contributed by atoms with Gasteiger partial charge in [0.05, 0.1) is 7.11 Å². The van der Waals surface area contributed by atoms with E-state index in [2.05, 4.69) is 20.9 Å². The summed E-state index contributed by atoms with van der Waals surface area (Å²) in [6.07, 6.45) is 0.672. The maximum Gasteiger partial charge on any atom is 0.325 e. The van der Waals surface area contributed by atoms with Gasteiger partial charge in [0.2, 0.25) is 0 Å². The van der Waals surface area contributed by atoms with Gasteiger partial charge in [-0.25, -0.2) is 14.2 Å². The number of nitrogens with one attached hydrogen (secondary N) is 3. The van der Waals surface area contributed by atoms with Gasteiger partial charge in [-0.05, 0) is 48.4 Å². The van der Waals surface area contributed by atoms with Gasteiger partial charge >= 0.3 is 6.03 Å². The highest BCUT2D eigenvalue weighted by Crippen LogP contribution is 2.16. The molecule has 0 saturated heterocycles. The minimum absolute atomic E-state index is 0.224. The lowest BCUT2D eigenvalue weighted by Crippen LogP contribution is -2.26. The molecule has 150 valence electrons. The van der Waals surface area contributed by atoms with E-state index in [1.54, 1.807) is 12.5 Å². The van der Waals surface area contributed by atoms with Crippen molar-refractivity contribution in [3.63, 3.8) is 0 Å². The van der Waals surface area contributed by atoms with Gasteiger partial charge in [-0.3, -0.25) is 10.1 Å². The molecule has 0 fully saturated rings. The Labute approximate surface area is 170 Å². The third-order valence-electron chi connectivity index (χ3n) is 3.92. The zero-order valence-corrected chi connectivity index (χ0v) is 16.4. The number of carbonyl (C=O) groups excluding carboxylic acids is 2. The molecule has 0 aliphatic carbocycles. The summed E-state index contributed by atoms with van der Waals surface area (Å²) in [5.41, 5.74) is 1.74. The van der Waals surface area contributed by atoms with Crippen molar-refractivity contribution in [1.82, 2.24) is 10.3 Å². The molecule has 0 atom stereocenters. The minimum Gasteiger partial charge on any atom is -0.497 e. The molecule has 3 aromatic rings. The Morgan fingerprint density at radius 1 is 1.07 bits per heavy atom. The topological polar surface area (TPSA) is 92.4 Å². The van der Waals surface area contributed by atoms with Crippen molar-refractivity contribution >= 4 is 34.1 Å². The summed E-state index contributed by atoms with van der Waals surface area (Å²) in [4.78, 5) is 28.3. The van der Waals surface area contributed by atoms with Gasteiger partial charge in [-0.2, -0.15) is 0 Å². The fourth-order valence-corrected chi connectivity index (χ4v) is 3.12. The SMILES string of the molecule is COc1ccc(CCNC(=O)c2csc(NC(=O)Nc3ccc(F)cc3)n2)cc1. The number of urea groups is 1. The van der Waals surface area contributed by atoms with Gasteiger partial charge < -0.3 is 15.4 Å². The average molecular weight is 414 g/mol. The van der Waals surface area contributed by atoms with Gasteiger partial charge in [0.1, 0.15) is 17.3 Å². The van der Waals surface area contributed by atoms with E-state index in [-0.39, 0.29) is 16.7 Å². The molecule has 2 aromatic carbocycles. The quantitative estimate of drug-likeness (QED) is 0.547. The van der Waals surface area contributed by atoms with Crippen LogP contribution >= 0.6 is 11.3 Å². The number of rotatable bonds is 7. The predicted molar refractivity (Wildman–Crippen MR) is 110 cm³/mol. The molecule has 0 aliphatic heterocycles. The van der Waals surface area contributed by atoms with Crippen molar-refractivity contribution in [2.24, 2.45) is 0 Å². The number of hydrogen-bond donors (Lipinski definition) is 3. The monoisotopic (exact) mass is 414 g/mol. The molecule has 0 aliphatic rings. The average Bonchev–Trinajstić information content (AvgIpc) is 3.18. The second kappa shape index (κ2) is 9.65. The van der Waals surface area contributed by atoms with Crippen LogP contribution in [0.25, 0.3) is 0 Å². The second-order valence-corrected chi connectivity index (χ2v) is 6.84.